The topological polar surface area (TPSA) is 24.1 Å². The summed E-state index contributed by atoms with van der Waals surface area (Å²) in [5, 5.41) is 7.66. The minimum absolute atomic E-state index is 0.225. The van der Waals surface area contributed by atoms with Gasteiger partial charge in [0.1, 0.15) is 0 Å². The minimum Gasteiger partial charge on any atom is -0.357 e. The Morgan fingerprint density at radius 1 is 1.26 bits per heavy atom. The second-order valence-corrected chi connectivity index (χ2v) is 6.15. The molecule has 104 valence electrons. The van der Waals surface area contributed by atoms with Crippen LogP contribution in [0.25, 0.3) is 0 Å². The molecule has 3 heteroatoms. The molecule has 0 amide bonds. The molecule has 0 saturated heterocycles. The molecule has 1 aromatic rings. The van der Waals surface area contributed by atoms with Gasteiger partial charge in [-0.15, -0.1) is 0 Å². The predicted octanol–water partition coefficient (Wildman–Crippen LogP) is 4.31. The van der Waals surface area contributed by atoms with Crippen LogP contribution in [0.4, 0.5) is 5.69 Å². The normalized spacial score (nSPS) is 17.2. The van der Waals surface area contributed by atoms with Gasteiger partial charge in [-0.25, -0.2) is 0 Å². The van der Waals surface area contributed by atoms with E-state index >= 15 is 0 Å². The molecule has 2 N–H and O–H groups in total. The molecule has 1 aliphatic carbocycles. The lowest BCUT2D eigenvalue weighted by Crippen LogP contribution is -2.47. The van der Waals surface area contributed by atoms with Gasteiger partial charge < -0.3 is 10.6 Å². The zero-order valence-electron chi connectivity index (χ0n) is 12.2. The first-order chi connectivity index (χ1) is 9.04. The fourth-order valence-electron chi connectivity index (χ4n) is 2.97. The number of thiocarbonyl (C=S) groups is 1. The van der Waals surface area contributed by atoms with Crippen molar-refractivity contribution in [2.24, 2.45) is 0 Å². The number of hydrogen-bond donors (Lipinski definition) is 2. The molecule has 0 spiro atoms. The third-order valence-electron chi connectivity index (χ3n) is 4.25. The Kier molecular flexibility index (Phi) is 4.46. The molecule has 0 aliphatic heterocycles. The van der Waals surface area contributed by atoms with Gasteiger partial charge in [0.05, 0.1) is 0 Å². The molecule has 0 bridgehead atoms. The number of hydrogen-bond acceptors (Lipinski definition) is 1. The highest BCUT2D eigenvalue weighted by molar-refractivity contribution is 7.80. The number of rotatable bonds is 3. The number of benzene rings is 1. The number of anilines is 1. The monoisotopic (exact) mass is 276 g/mol. The lowest BCUT2D eigenvalue weighted by atomic mass is 9.94. The molecule has 2 nitrogen and oxygen atoms in total. The summed E-state index contributed by atoms with van der Waals surface area (Å²) < 4.78 is 0. The van der Waals surface area contributed by atoms with Crippen LogP contribution in [0.2, 0.25) is 0 Å². The average Bonchev–Trinajstić information content (AvgIpc) is 2.82. The first-order valence-corrected chi connectivity index (χ1v) is 7.62. The van der Waals surface area contributed by atoms with E-state index in [2.05, 4.69) is 49.6 Å². The smallest absolute Gasteiger partial charge is 0.171 e. The van der Waals surface area contributed by atoms with Gasteiger partial charge in [0, 0.05) is 11.2 Å². The lowest BCUT2D eigenvalue weighted by Gasteiger charge is -2.30. The second-order valence-electron chi connectivity index (χ2n) is 5.74. The average molecular weight is 276 g/mol. The van der Waals surface area contributed by atoms with Crippen molar-refractivity contribution in [1.82, 2.24) is 5.32 Å². The van der Waals surface area contributed by atoms with Crippen molar-refractivity contribution in [2.75, 3.05) is 5.32 Å². The van der Waals surface area contributed by atoms with Crippen molar-refractivity contribution in [1.29, 1.82) is 0 Å². The Labute approximate surface area is 122 Å². The Balaban J connectivity index is 2.01. The molecule has 0 heterocycles. The Morgan fingerprint density at radius 2 is 1.95 bits per heavy atom. The van der Waals surface area contributed by atoms with Gasteiger partial charge in [0.2, 0.25) is 0 Å². The van der Waals surface area contributed by atoms with Gasteiger partial charge in [0.25, 0.3) is 0 Å². The van der Waals surface area contributed by atoms with Crippen LogP contribution < -0.4 is 10.6 Å². The summed E-state index contributed by atoms with van der Waals surface area (Å²) in [6, 6.07) is 6.39. The molecule has 19 heavy (non-hydrogen) atoms. The third-order valence-corrected chi connectivity index (χ3v) is 4.45. The molecule has 0 radical (unpaired) electrons. The van der Waals surface area contributed by atoms with Crippen molar-refractivity contribution in [3.8, 4) is 0 Å². The van der Waals surface area contributed by atoms with Crippen LogP contribution in [0.15, 0.2) is 18.2 Å². The van der Waals surface area contributed by atoms with E-state index < -0.39 is 0 Å². The molecule has 0 atom stereocenters. The first-order valence-electron chi connectivity index (χ1n) is 7.21. The molecule has 1 aliphatic rings. The van der Waals surface area contributed by atoms with E-state index in [-0.39, 0.29) is 5.54 Å². The van der Waals surface area contributed by atoms with Crippen LogP contribution in [0.3, 0.4) is 0 Å². The summed E-state index contributed by atoms with van der Waals surface area (Å²) in [5.41, 5.74) is 3.85. The molecular weight excluding hydrogens is 252 g/mol. The van der Waals surface area contributed by atoms with E-state index in [1.807, 2.05) is 0 Å². The third kappa shape index (κ3) is 3.47. The fraction of sp³-hybridized carbons (Fsp3) is 0.562. The summed E-state index contributed by atoms with van der Waals surface area (Å²) in [6.07, 6.45) is 6.23. The Morgan fingerprint density at radius 3 is 2.53 bits per heavy atom. The summed E-state index contributed by atoms with van der Waals surface area (Å²) in [7, 11) is 0. The highest BCUT2D eigenvalue weighted by Gasteiger charge is 2.32. The molecule has 1 aromatic carbocycles. The zero-order valence-corrected chi connectivity index (χ0v) is 13.0. The van der Waals surface area contributed by atoms with E-state index in [9.17, 15) is 0 Å². The van der Waals surface area contributed by atoms with Crippen LogP contribution in [-0.2, 0) is 0 Å². The van der Waals surface area contributed by atoms with Crippen LogP contribution in [0.1, 0.15) is 50.2 Å². The maximum Gasteiger partial charge on any atom is 0.171 e. The highest BCUT2D eigenvalue weighted by Crippen LogP contribution is 2.32. The Bertz CT molecular complexity index is 462. The van der Waals surface area contributed by atoms with E-state index in [0.29, 0.717) is 0 Å². The van der Waals surface area contributed by atoms with Crippen LogP contribution >= 0.6 is 12.2 Å². The summed E-state index contributed by atoms with van der Waals surface area (Å²) in [5.74, 6) is 0. The highest BCUT2D eigenvalue weighted by atomic mass is 32.1. The maximum absolute atomic E-state index is 5.48. The van der Waals surface area contributed by atoms with Crippen molar-refractivity contribution < 1.29 is 0 Å². The van der Waals surface area contributed by atoms with Crippen molar-refractivity contribution in [2.45, 2.75) is 58.4 Å². The predicted molar refractivity (Wildman–Crippen MR) is 86.8 cm³/mol. The van der Waals surface area contributed by atoms with Gasteiger partial charge in [-0.05, 0) is 57.0 Å². The quantitative estimate of drug-likeness (QED) is 0.804. The SMILES string of the molecule is CCC1(NC(=S)Nc2ccc(C)cc2C)CCCC1. The molecule has 0 aromatic heterocycles. The maximum atomic E-state index is 5.48. The van der Waals surface area contributed by atoms with Gasteiger partial charge in [-0.2, -0.15) is 0 Å². The largest absolute Gasteiger partial charge is 0.357 e. The van der Waals surface area contributed by atoms with Crippen molar-refractivity contribution in [3.63, 3.8) is 0 Å². The van der Waals surface area contributed by atoms with Crippen LogP contribution in [0.5, 0.6) is 0 Å². The summed E-state index contributed by atoms with van der Waals surface area (Å²) in [6.45, 7) is 6.47. The molecule has 1 saturated carbocycles. The van der Waals surface area contributed by atoms with Crippen LogP contribution in [0, 0.1) is 13.8 Å². The molecular formula is C16H24N2S. The standard InChI is InChI=1S/C16H24N2S/c1-4-16(9-5-6-10-16)18-15(19)17-14-8-7-12(2)11-13(14)3/h7-8,11H,4-6,9-10H2,1-3H3,(H2,17,18,19). The lowest BCUT2D eigenvalue weighted by molar-refractivity contribution is 0.378. The van der Waals surface area contributed by atoms with Crippen molar-refractivity contribution in [3.05, 3.63) is 29.3 Å². The molecule has 1 fully saturated rings. The first kappa shape index (κ1) is 14.3. The molecule has 0 unspecified atom stereocenters. The minimum atomic E-state index is 0.225. The Hall–Kier alpha value is -1.09. The van der Waals surface area contributed by atoms with E-state index in [0.717, 1.165) is 17.2 Å². The summed E-state index contributed by atoms with van der Waals surface area (Å²) >= 11 is 5.48. The number of aryl methyl sites for hydroxylation is 2. The van der Waals surface area contributed by atoms with Gasteiger partial charge >= 0.3 is 0 Å². The van der Waals surface area contributed by atoms with Crippen LogP contribution in [-0.4, -0.2) is 10.7 Å². The number of nitrogens with one attached hydrogen (secondary N) is 2. The van der Waals surface area contributed by atoms with E-state index in [1.165, 1.54) is 36.8 Å². The summed E-state index contributed by atoms with van der Waals surface area (Å²) in [4.78, 5) is 0. The van der Waals surface area contributed by atoms with Gasteiger partial charge in [-0.1, -0.05) is 37.5 Å². The van der Waals surface area contributed by atoms with Gasteiger partial charge in [0.15, 0.2) is 5.11 Å². The van der Waals surface area contributed by atoms with Gasteiger partial charge in [-0.3, -0.25) is 0 Å². The van der Waals surface area contributed by atoms with E-state index in [1.54, 1.807) is 0 Å². The molecule has 2 rings (SSSR count). The zero-order chi connectivity index (χ0) is 13.9. The van der Waals surface area contributed by atoms with Crippen molar-refractivity contribution >= 4 is 23.0 Å². The van der Waals surface area contributed by atoms with E-state index in [4.69, 9.17) is 12.2 Å². The second kappa shape index (κ2) is 5.91. The fourth-order valence-corrected chi connectivity index (χ4v) is 3.29.